The molecule has 0 spiro atoms. The maximum Gasteiger partial charge on any atom is 0.329 e. The summed E-state index contributed by atoms with van der Waals surface area (Å²) < 4.78 is 5.61. The molecule has 2 aromatic rings. The minimum Gasteiger partial charge on any atom is -0.483 e. The van der Waals surface area contributed by atoms with E-state index in [4.69, 9.17) is 4.74 Å². The maximum absolute atomic E-state index is 12.2. The first-order valence-electron chi connectivity index (χ1n) is 10.0. The first kappa shape index (κ1) is 23.6. The minimum atomic E-state index is -0.859. The molecule has 0 saturated heterocycles. The second-order valence-electron chi connectivity index (χ2n) is 7.23. The molecule has 2 aromatic carbocycles. The van der Waals surface area contributed by atoms with E-state index < -0.39 is 11.8 Å². The first-order chi connectivity index (χ1) is 14.8. The summed E-state index contributed by atoms with van der Waals surface area (Å²) in [6.45, 7) is 7.43. The summed E-state index contributed by atoms with van der Waals surface area (Å²) >= 11 is 0. The van der Waals surface area contributed by atoms with Gasteiger partial charge in [0, 0.05) is 17.3 Å². The average Bonchev–Trinajstić information content (AvgIpc) is 2.72. The van der Waals surface area contributed by atoms with Gasteiger partial charge in [0.05, 0.1) is 6.21 Å². The van der Waals surface area contributed by atoms with Crippen LogP contribution in [-0.4, -0.2) is 36.6 Å². The number of nitrogens with zero attached hydrogens (tertiary/aromatic N) is 1. The molecule has 0 radical (unpaired) electrons. The Balaban J connectivity index is 1.92. The lowest BCUT2D eigenvalue weighted by atomic mass is 10.1. The molecule has 1 atom stereocenters. The minimum absolute atomic E-state index is 0.105. The molecular weight excluding hydrogens is 396 g/mol. The van der Waals surface area contributed by atoms with Crippen molar-refractivity contribution >= 4 is 29.6 Å². The number of amides is 3. The number of hydrogen-bond acceptors (Lipinski definition) is 5. The Kier molecular flexibility index (Phi) is 8.75. The van der Waals surface area contributed by atoms with E-state index in [1.54, 1.807) is 31.2 Å². The van der Waals surface area contributed by atoms with Crippen molar-refractivity contribution in [1.29, 1.82) is 0 Å². The Labute approximate surface area is 182 Å². The number of hydrogen-bond donors (Lipinski definition) is 3. The molecule has 2 rings (SSSR count). The molecule has 31 heavy (non-hydrogen) atoms. The Bertz CT molecular complexity index is 952. The van der Waals surface area contributed by atoms with Crippen LogP contribution in [0.3, 0.4) is 0 Å². The van der Waals surface area contributed by atoms with Crippen molar-refractivity contribution in [3.63, 3.8) is 0 Å². The molecule has 0 aliphatic heterocycles. The van der Waals surface area contributed by atoms with Gasteiger partial charge in [-0.05, 0) is 62.6 Å². The molecule has 8 nitrogen and oxygen atoms in total. The SMILES string of the molecule is CC[C@@H](C)NC(=O)C(=O)N/N=C\c1ccccc1OCC(=O)Nc1cc(C)cc(C)c1. The van der Waals surface area contributed by atoms with Crippen molar-refractivity contribution < 1.29 is 19.1 Å². The molecule has 0 unspecified atom stereocenters. The van der Waals surface area contributed by atoms with E-state index in [1.165, 1.54) is 6.21 Å². The van der Waals surface area contributed by atoms with Crippen molar-refractivity contribution in [1.82, 2.24) is 10.7 Å². The molecule has 3 N–H and O–H groups in total. The average molecular weight is 425 g/mol. The standard InChI is InChI=1S/C23H28N4O4/c1-5-17(4)25-22(29)23(30)27-24-13-18-8-6-7-9-20(18)31-14-21(28)26-19-11-15(2)10-16(3)12-19/h6-13,17H,5,14H2,1-4H3,(H,25,29)(H,26,28)(H,27,30)/b24-13-/t17-/m1/s1. The van der Waals surface area contributed by atoms with E-state index in [0.29, 0.717) is 23.4 Å². The van der Waals surface area contributed by atoms with Gasteiger partial charge in [0.15, 0.2) is 6.61 Å². The zero-order valence-corrected chi connectivity index (χ0v) is 18.2. The van der Waals surface area contributed by atoms with Gasteiger partial charge in [-0.1, -0.05) is 25.1 Å². The molecule has 0 aliphatic carbocycles. The largest absolute Gasteiger partial charge is 0.483 e. The Morgan fingerprint density at radius 1 is 1.06 bits per heavy atom. The highest BCUT2D eigenvalue weighted by atomic mass is 16.5. The summed E-state index contributed by atoms with van der Waals surface area (Å²) in [4.78, 5) is 35.7. The number of carbonyl (C=O) groups is 3. The van der Waals surface area contributed by atoms with Gasteiger partial charge in [-0.15, -0.1) is 0 Å². The normalized spacial score (nSPS) is 11.6. The molecular formula is C23H28N4O4. The predicted octanol–water partition coefficient (Wildman–Crippen LogP) is 2.69. The third kappa shape index (κ3) is 7.93. The number of carbonyl (C=O) groups excluding carboxylic acids is 3. The fraction of sp³-hybridized carbons (Fsp3) is 0.304. The zero-order valence-electron chi connectivity index (χ0n) is 18.2. The second kappa shape index (κ2) is 11.5. The van der Waals surface area contributed by atoms with Gasteiger partial charge in [-0.25, -0.2) is 5.43 Å². The topological polar surface area (TPSA) is 109 Å². The summed E-state index contributed by atoms with van der Waals surface area (Å²) in [5, 5.41) is 9.16. The Morgan fingerprint density at radius 3 is 2.42 bits per heavy atom. The van der Waals surface area contributed by atoms with E-state index in [-0.39, 0.29) is 18.6 Å². The Hall–Kier alpha value is -3.68. The summed E-state index contributed by atoms with van der Waals surface area (Å²) in [5.41, 5.74) is 5.54. The number of aryl methyl sites for hydroxylation is 2. The van der Waals surface area contributed by atoms with Gasteiger partial charge in [-0.2, -0.15) is 5.10 Å². The third-order valence-corrected chi connectivity index (χ3v) is 4.35. The van der Waals surface area contributed by atoms with Gasteiger partial charge in [-0.3, -0.25) is 14.4 Å². The van der Waals surface area contributed by atoms with Crippen LogP contribution in [0, 0.1) is 13.8 Å². The monoisotopic (exact) mass is 424 g/mol. The van der Waals surface area contributed by atoms with Crippen LogP contribution >= 0.6 is 0 Å². The maximum atomic E-state index is 12.2. The second-order valence-corrected chi connectivity index (χ2v) is 7.23. The van der Waals surface area contributed by atoms with Crippen LogP contribution in [0.4, 0.5) is 5.69 Å². The van der Waals surface area contributed by atoms with E-state index in [0.717, 1.165) is 11.1 Å². The van der Waals surface area contributed by atoms with E-state index in [9.17, 15) is 14.4 Å². The molecule has 3 amide bonds. The van der Waals surface area contributed by atoms with Crippen molar-refractivity contribution in [3.8, 4) is 5.75 Å². The molecule has 0 heterocycles. The predicted molar refractivity (Wildman–Crippen MR) is 120 cm³/mol. The number of nitrogens with one attached hydrogen (secondary N) is 3. The molecule has 0 aliphatic rings. The van der Waals surface area contributed by atoms with Crippen molar-refractivity contribution in [2.24, 2.45) is 5.10 Å². The number of benzene rings is 2. The lowest BCUT2D eigenvalue weighted by Crippen LogP contribution is -2.41. The summed E-state index contributed by atoms with van der Waals surface area (Å²) in [6.07, 6.45) is 2.07. The van der Waals surface area contributed by atoms with Gasteiger partial charge in [0.1, 0.15) is 5.75 Å². The molecule has 0 bridgehead atoms. The van der Waals surface area contributed by atoms with E-state index in [2.05, 4.69) is 21.2 Å². The number of ether oxygens (including phenoxy) is 1. The Morgan fingerprint density at radius 2 is 1.74 bits per heavy atom. The van der Waals surface area contributed by atoms with Gasteiger partial charge < -0.3 is 15.4 Å². The number of hydrazone groups is 1. The van der Waals surface area contributed by atoms with Crippen LogP contribution in [0.5, 0.6) is 5.75 Å². The lowest BCUT2D eigenvalue weighted by molar-refractivity contribution is -0.139. The van der Waals surface area contributed by atoms with Crippen LogP contribution in [0.25, 0.3) is 0 Å². The highest BCUT2D eigenvalue weighted by Gasteiger charge is 2.14. The van der Waals surface area contributed by atoms with E-state index in [1.807, 2.05) is 39.0 Å². The molecule has 0 fully saturated rings. The van der Waals surface area contributed by atoms with Crippen LogP contribution in [0.1, 0.15) is 37.0 Å². The van der Waals surface area contributed by atoms with Crippen molar-refractivity contribution in [3.05, 3.63) is 59.2 Å². The van der Waals surface area contributed by atoms with Gasteiger partial charge in [0.2, 0.25) is 0 Å². The molecule has 0 saturated carbocycles. The third-order valence-electron chi connectivity index (χ3n) is 4.35. The van der Waals surface area contributed by atoms with E-state index >= 15 is 0 Å². The van der Waals surface area contributed by atoms with Gasteiger partial charge >= 0.3 is 11.8 Å². The van der Waals surface area contributed by atoms with Crippen LogP contribution in [0.2, 0.25) is 0 Å². The molecule has 164 valence electrons. The summed E-state index contributed by atoms with van der Waals surface area (Å²) in [6, 6.07) is 12.6. The van der Waals surface area contributed by atoms with Gasteiger partial charge in [0.25, 0.3) is 5.91 Å². The number of rotatable bonds is 8. The molecule has 0 aromatic heterocycles. The quantitative estimate of drug-likeness (QED) is 0.344. The fourth-order valence-corrected chi connectivity index (χ4v) is 2.71. The number of anilines is 1. The van der Waals surface area contributed by atoms with Crippen molar-refractivity contribution in [2.45, 2.75) is 40.2 Å². The van der Waals surface area contributed by atoms with Crippen LogP contribution in [-0.2, 0) is 14.4 Å². The first-order valence-corrected chi connectivity index (χ1v) is 10.0. The highest BCUT2D eigenvalue weighted by Crippen LogP contribution is 2.17. The summed E-state index contributed by atoms with van der Waals surface area (Å²) in [7, 11) is 0. The van der Waals surface area contributed by atoms with Crippen LogP contribution in [0.15, 0.2) is 47.6 Å². The van der Waals surface area contributed by atoms with Crippen molar-refractivity contribution in [2.75, 3.05) is 11.9 Å². The smallest absolute Gasteiger partial charge is 0.329 e. The molecule has 8 heteroatoms. The lowest BCUT2D eigenvalue weighted by Gasteiger charge is -2.11. The highest BCUT2D eigenvalue weighted by molar-refractivity contribution is 6.35. The fourth-order valence-electron chi connectivity index (χ4n) is 2.71. The number of para-hydroxylation sites is 1. The zero-order chi connectivity index (χ0) is 22.8. The summed E-state index contributed by atoms with van der Waals surface area (Å²) in [5.74, 6) is -1.49. The van der Waals surface area contributed by atoms with Crippen LogP contribution < -0.4 is 20.8 Å².